The van der Waals surface area contributed by atoms with Crippen molar-refractivity contribution in [2.24, 2.45) is 5.92 Å². The quantitative estimate of drug-likeness (QED) is 0.890. The Hall–Kier alpha value is -1.03. The first-order valence-electron chi connectivity index (χ1n) is 4.65. The van der Waals surface area contributed by atoms with Crippen LogP contribution in [-0.2, 0) is 4.79 Å². The fraction of sp³-hybridized carbons (Fsp3) is 0.364. The molecule has 0 aliphatic heterocycles. The number of aliphatic carboxylic acids is 1. The number of carboxylic acids is 1. The van der Waals surface area contributed by atoms with E-state index in [9.17, 15) is 9.90 Å². The van der Waals surface area contributed by atoms with Crippen molar-refractivity contribution in [3.63, 3.8) is 0 Å². The summed E-state index contributed by atoms with van der Waals surface area (Å²) in [5.41, 5.74) is 0.444. The van der Waals surface area contributed by atoms with Crippen molar-refractivity contribution >= 4 is 21.9 Å². The van der Waals surface area contributed by atoms with E-state index in [-0.39, 0.29) is 11.7 Å². The van der Waals surface area contributed by atoms with Gasteiger partial charge in [0.25, 0.3) is 0 Å². The van der Waals surface area contributed by atoms with E-state index < -0.39 is 11.9 Å². The molecule has 0 aromatic heterocycles. The van der Waals surface area contributed by atoms with Crippen LogP contribution in [0.3, 0.4) is 0 Å². The SMILES string of the molecule is CC(C)C(C(=O)O)c1c(O)cccc1Br. The van der Waals surface area contributed by atoms with E-state index in [0.717, 1.165) is 0 Å². The molecule has 1 aromatic rings. The molecule has 82 valence electrons. The Bertz CT molecular complexity index is 354. The maximum atomic E-state index is 11.1. The summed E-state index contributed by atoms with van der Waals surface area (Å²) in [5, 5.41) is 18.8. The van der Waals surface area contributed by atoms with Gasteiger partial charge in [-0.1, -0.05) is 35.8 Å². The molecule has 0 aliphatic carbocycles. The lowest BCUT2D eigenvalue weighted by Gasteiger charge is -2.19. The van der Waals surface area contributed by atoms with E-state index in [1.807, 2.05) is 13.8 Å². The summed E-state index contributed by atoms with van der Waals surface area (Å²) in [4.78, 5) is 11.1. The zero-order chi connectivity index (χ0) is 11.6. The molecular formula is C11H13BrO3. The number of phenolic OH excluding ortho intramolecular Hbond substituents is 1. The molecule has 4 heteroatoms. The predicted octanol–water partition coefficient (Wildman–Crippen LogP) is 2.98. The van der Waals surface area contributed by atoms with Crippen LogP contribution in [0.4, 0.5) is 0 Å². The average molecular weight is 273 g/mol. The molecular weight excluding hydrogens is 260 g/mol. The molecule has 0 saturated carbocycles. The Balaban J connectivity index is 3.28. The van der Waals surface area contributed by atoms with Crippen molar-refractivity contribution in [3.8, 4) is 5.75 Å². The molecule has 0 fully saturated rings. The first-order chi connectivity index (χ1) is 6.95. The van der Waals surface area contributed by atoms with Crippen LogP contribution in [0.2, 0.25) is 0 Å². The Kier molecular flexibility index (Phi) is 3.74. The second-order valence-electron chi connectivity index (χ2n) is 3.73. The first kappa shape index (κ1) is 12.0. The van der Waals surface area contributed by atoms with E-state index in [1.54, 1.807) is 12.1 Å². The molecule has 0 saturated heterocycles. The second kappa shape index (κ2) is 4.66. The topological polar surface area (TPSA) is 57.5 Å². The van der Waals surface area contributed by atoms with Gasteiger partial charge >= 0.3 is 5.97 Å². The Morgan fingerprint density at radius 2 is 2.00 bits per heavy atom. The maximum Gasteiger partial charge on any atom is 0.311 e. The maximum absolute atomic E-state index is 11.1. The highest BCUT2D eigenvalue weighted by Gasteiger charge is 2.28. The number of halogens is 1. The Morgan fingerprint density at radius 3 is 2.40 bits per heavy atom. The molecule has 0 spiro atoms. The van der Waals surface area contributed by atoms with E-state index >= 15 is 0 Å². The smallest absolute Gasteiger partial charge is 0.311 e. The van der Waals surface area contributed by atoms with Crippen LogP contribution < -0.4 is 0 Å². The molecule has 1 atom stereocenters. The number of rotatable bonds is 3. The number of hydrogen-bond donors (Lipinski definition) is 2. The lowest BCUT2D eigenvalue weighted by molar-refractivity contribution is -0.139. The van der Waals surface area contributed by atoms with Gasteiger partial charge in [-0.2, -0.15) is 0 Å². The summed E-state index contributed by atoms with van der Waals surface area (Å²) in [6.45, 7) is 3.63. The zero-order valence-corrected chi connectivity index (χ0v) is 10.2. The summed E-state index contributed by atoms with van der Waals surface area (Å²) in [7, 11) is 0. The molecule has 0 amide bonds. The molecule has 3 nitrogen and oxygen atoms in total. The minimum atomic E-state index is -0.924. The third-order valence-electron chi connectivity index (χ3n) is 2.27. The van der Waals surface area contributed by atoms with Gasteiger partial charge in [-0.25, -0.2) is 0 Å². The Morgan fingerprint density at radius 1 is 1.40 bits per heavy atom. The van der Waals surface area contributed by atoms with Gasteiger partial charge in [0, 0.05) is 10.0 Å². The van der Waals surface area contributed by atoms with Gasteiger partial charge in [0.05, 0.1) is 5.92 Å². The lowest BCUT2D eigenvalue weighted by Crippen LogP contribution is -2.18. The number of carboxylic acid groups (broad SMARTS) is 1. The van der Waals surface area contributed by atoms with Gasteiger partial charge in [-0.05, 0) is 18.1 Å². The molecule has 0 aliphatic rings. The molecule has 1 aromatic carbocycles. The third-order valence-corrected chi connectivity index (χ3v) is 2.97. The standard InChI is InChI=1S/C11H13BrO3/c1-6(2)9(11(14)15)10-7(12)4-3-5-8(10)13/h3-6,9,13H,1-2H3,(H,14,15). The van der Waals surface area contributed by atoms with Crippen LogP contribution in [-0.4, -0.2) is 16.2 Å². The van der Waals surface area contributed by atoms with Crippen LogP contribution in [0.1, 0.15) is 25.3 Å². The summed E-state index contributed by atoms with van der Waals surface area (Å²) in [6.07, 6.45) is 0. The van der Waals surface area contributed by atoms with E-state index in [1.165, 1.54) is 6.07 Å². The van der Waals surface area contributed by atoms with Crippen molar-refractivity contribution in [2.75, 3.05) is 0 Å². The normalized spacial score (nSPS) is 12.8. The lowest BCUT2D eigenvalue weighted by atomic mass is 9.88. The number of phenols is 1. The first-order valence-corrected chi connectivity index (χ1v) is 5.44. The van der Waals surface area contributed by atoms with E-state index in [4.69, 9.17) is 5.11 Å². The fourth-order valence-corrected chi connectivity index (χ4v) is 2.18. The molecule has 2 N–H and O–H groups in total. The molecule has 0 radical (unpaired) electrons. The van der Waals surface area contributed by atoms with Gasteiger partial charge in [0.2, 0.25) is 0 Å². The highest BCUT2D eigenvalue weighted by atomic mass is 79.9. The number of hydrogen-bond acceptors (Lipinski definition) is 2. The van der Waals surface area contributed by atoms with Gasteiger partial charge in [-0.3, -0.25) is 4.79 Å². The summed E-state index contributed by atoms with van der Waals surface area (Å²) >= 11 is 3.26. The third kappa shape index (κ3) is 2.50. The van der Waals surface area contributed by atoms with Gasteiger partial charge in [0.15, 0.2) is 0 Å². The summed E-state index contributed by atoms with van der Waals surface area (Å²) in [6, 6.07) is 4.90. The minimum Gasteiger partial charge on any atom is -0.508 e. The van der Waals surface area contributed by atoms with Crippen LogP contribution in [0.25, 0.3) is 0 Å². The van der Waals surface area contributed by atoms with Crippen molar-refractivity contribution < 1.29 is 15.0 Å². The largest absolute Gasteiger partial charge is 0.508 e. The van der Waals surface area contributed by atoms with E-state index in [0.29, 0.717) is 10.0 Å². The fourth-order valence-electron chi connectivity index (χ4n) is 1.58. The molecule has 1 unspecified atom stereocenters. The average Bonchev–Trinajstić information content (AvgIpc) is 2.09. The van der Waals surface area contributed by atoms with Crippen molar-refractivity contribution in [1.82, 2.24) is 0 Å². The second-order valence-corrected chi connectivity index (χ2v) is 4.59. The molecule has 0 heterocycles. The van der Waals surface area contributed by atoms with E-state index in [2.05, 4.69) is 15.9 Å². The highest BCUT2D eigenvalue weighted by Crippen LogP contribution is 2.36. The molecule has 1 rings (SSSR count). The highest BCUT2D eigenvalue weighted by molar-refractivity contribution is 9.10. The number of benzene rings is 1. The zero-order valence-electron chi connectivity index (χ0n) is 8.57. The van der Waals surface area contributed by atoms with Crippen LogP contribution in [0.15, 0.2) is 22.7 Å². The number of aromatic hydroxyl groups is 1. The molecule has 15 heavy (non-hydrogen) atoms. The van der Waals surface area contributed by atoms with Crippen LogP contribution >= 0.6 is 15.9 Å². The van der Waals surface area contributed by atoms with Crippen molar-refractivity contribution in [3.05, 3.63) is 28.2 Å². The van der Waals surface area contributed by atoms with Gasteiger partial charge < -0.3 is 10.2 Å². The molecule has 0 bridgehead atoms. The van der Waals surface area contributed by atoms with Crippen molar-refractivity contribution in [1.29, 1.82) is 0 Å². The summed E-state index contributed by atoms with van der Waals surface area (Å²) < 4.78 is 0.628. The van der Waals surface area contributed by atoms with Gasteiger partial charge in [-0.15, -0.1) is 0 Å². The monoisotopic (exact) mass is 272 g/mol. The van der Waals surface area contributed by atoms with Crippen molar-refractivity contribution in [2.45, 2.75) is 19.8 Å². The van der Waals surface area contributed by atoms with Crippen LogP contribution in [0, 0.1) is 5.92 Å². The number of carbonyl (C=O) groups is 1. The predicted molar refractivity (Wildman–Crippen MR) is 61.0 cm³/mol. The Labute approximate surface area is 96.9 Å². The van der Waals surface area contributed by atoms with Gasteiger partial charge in [0.1, 0.15) is 5.75 Å². The van der Waals surface area contributed by atoms with Crippen LogP contribution in [0.5, 0.6) is 5.75 Å². The minimum absolute atomic E-state index is 0.0190. The summed E-state index contributed by atoms with van der Waals surface area (Å²) in [5.74, 6) is -1.68.